The zero-order valence-electron chi connectivity index (χ0n) is 10.5. The molecule has 0 aromatic heterocycles. The number of hydrogen-bond acceptors (Lipinski definition) is 3. The van der Waals surface area contributed by atoms with Crippen molar-refractivity contribution in [3.63, 3.8) is 0 Å². The summed E-state index contributed by atoms with van der Waals surface area (Å²) in [4.78, 5) is 10.6. The molecule has 0 atom stereocenters. The van der Waals surface area contributed by atoms with E-state index in [9.17, 15) is 13.2 Å². The normalized spacial score (nSPS) is 15.6. The van der Waals surface area contributed by atoms with Gasteiger partial charge in [-0.1, -0.05) is 30.3 Å². The quantitative estimate of drug-likeness (QED) is 0.822. The summed E-state index contributed by atoms with van der Waals surface area (Å²) in [5, 5.41) is 8.70. The van der Waals surface area contributed by atoms with Crippen molar-refractivity contribution in [1.29, 1.82) is 0 Å². The predicted octanol–water partition coefficient (Wildman–Crippen LogP) is 1.46. The highest BCUT2D eigenvalue weighted by atomic mass is 32.2. The molecule has 0 amide bonds. The molecule has 0 unspecified atom stereocenters. The maximum atomic E-state index is 12.3. The van der Waals surface area contributed by atoms with Crippen LogP contribution in [-0.4, -0.2) is 36.4 Å². The van der Waals surface area contributed by atoms with Crippen molar-refractivity contribution in [2.24, 2.45) is 0 Å². The molecule has 1 aliphatic carbocycles. The van der Waals surface area contributed by atoms with Crippen LogP contribution in [0.2, 0.25) is 0 Å². The van der Waals surface area contributed by atoms with E-state index in [0.29, 0.717) is 0 Å². The standard InChI is InChI=1S/C13H17NO4S/c15-13(16)8-9-14(12-6-7-12)19(17,18)10-11-4-2-1-3-5-11/h1-5,12H,6-10H2,(H,15,16). The Labute approximate surface area is 112 Å². The van der Waals surface area contributed by atoms with Gasteiger partial charge in [0, 0.05) is 12.6 Å². The maximum absolute atomic E-state index is 12.3. The van der Waals surface area contributed by atoms with Crippen molar-refractivity contribution in [2.45, 2.75) is 31.1 Å². The smallest absolute Gasteiger partial charge is 0.304 e. The molecule has 1 fully saturated rings. The minimum Gasteiger partial charge on any atom is -0.481 e. The first-order valence-corrected chi connectivity index (χ1v) is 7.85. The highest BCUT2D eigenvalue weighted by molar-refractivity contribution is 7.88. The molecule has 0 saturated heterocycles. The van der Waals surface area contributed by atoms with Crippen LogP contribution in [0, 0.1) is 0 Å². The lowest BCUT2D eigenvalue weighted by Gasteiger charge is -2.21. The number of carboxylic acids is 1. The Kier molecular flexibility index (Phi) is 4.21. The second kappa shape index (κ2) is 5.71. The molecule has 0 bridgehead atoms. The summed E-state index contributed by atoms with van der Waals surface area (Å²) in [5.74, 6) is -1.04. The molecule has 5 nitrogen and oxygen atoms in total. The molecule has 1 saturated carbocycles. The van der Waals surface area contributed by atoms with Crippen LogP contribution in [0.4, 0.5) is 0 Å². The minimum atomic E-state index is -3.44. The average molecular weight is 283 g/mol. The minimum absolute atomic E-state index is 0.00642. The third-order valence-corrected chi connectivity index (χ3v) is 4.94. The summed E-state index contributed by atoms with van der Waals surface area (Å²) >= 11 is 0. The van der Waals surface area contributed by atoms with Crippen LogP contribution in [0.25, 0.3) is 0 Å². The lowest BCUT2D eigenvalue weighted by molar-refractivity contribution is -0.137. The highest BCUT2D eigenvalue weighted by Crippen LogP contribution is 2.30. The van der Waals surface area contributed by atoms with Gasteiger partial charge in [-0.25, -0.2) is 8.42 Å². The van der Waals surface area contributed by atoms with Gasteiger partial charge >= 0.3 is 5.97 Å². The van der Waals surface area contributed by atoms with Crippen molar-refractivity contribution in [3.05, 3.63) is 35.9 Å². The van der Waals surface area contributed by atoms with Gasteiger partial charge in [0.25, 0.3) is 0 Å². The molecule has 0 radical (unpaired) electrons. The molecular weight excluding hydrogens is 266 g/mol. The fraction of sp³-hybridized carbons (Fsp3) is 0.462. The van der Waals surface area contributed by atoms with Gasteiger partial charge < -0.3 is 5.11 Å². The zero-order chi connectivity index (χ0) is 13.9. The van der Waals surface area contributed by atoms with E-state index in [2.05, 4.69) is 0 Å². The van der Waals surface area contributed by atoms with Crippen LogP contribution in [0.5, 0.6) is 0 Å². The number of carbonyl (C=O) groups is 1. The summed E-state index contributed by atoms with van der Waals surface area (Å²) in [5.41, 5.74) is 0.725. The second-order valence-corrected chi connectivity index (χ2v) is 6.65. The van der Waals surface area contributed by atoms with Crippen molar-refractivity contribution in [2.75, 3.05) is 6.54 Å². The van der Waals surface area contributed by atoms with Gasteiger partial charge in [-0.2, -0.15) is 4.31 Å². The van der Waals surface area contributed by atoms with Crippen LogP contribution >= 0.6 is 0 Å². The molecule has 6 heteroatoms. The number of hydrogen-bond donors (Lipinski definition) is 1. The predicted molar refractivity (Wildman–Crippen MR) is 71.0 cm³/mol. The Morgan fingerprint density at radius 2 is 1.89 bits per heavy atom. The molecular formula is C13H17NO4S. The average Bonchev–Trinajstić information content (AvgIpc) is 3.13. The summed E-state index contributed by atoms with van der Waals surface area (Å²) in [6.45, 7) is 0.0646. The van der Waals surface area contributed by atoms with Crippen LogP contribution in [0.15, 0.2) is 30.3 Å². The number of rotatable bonds is 7. The van der Waals surface area contributed by atoms with Gasteiger partial charge in [-0.15, -0.1) is 0 Å². The lowest BCUT2D eigenvalue weighted by atomic mass is 10.2. The van der Waals surface area contributed by atoms with E-state index >= 15 is 0 Å². The van der Waals surface area contributed by atoms with Gasteiger partial charge in [0.1, 0.15) is 0 Å². The topological polar surface area (TPSA) is 74.7 Å². The van der Waals surface area contributed by atoms with Gasteiger partial charge in [-0.3, -0.25) is 4.79 Å². The van der Waals surface area contributed by atoms with E-state index in [4.69, 9.17) is 5.11 Å². The van der Waals surface area contributed by atoms with E-state index < -0.39 is 16.0 Å². The third kappa shape index (κ3) is 4.04. The summed E-state index contributed by atoms with van der Waals surface area (Å²) in [7, 11) is -3.44. The Bertz CT molecular complexity index is 537. The van der Waals surface area contributed by atoms with Crippen LogP contribution in [0.3, 0.4) is 0 Å². The van der Waals surface area contributed by atoms with E-state index in [-0.39, 0.29) is 24.8 Å². The van der Waals surface area contributed by atoms with Gasteiger partial charge in [0.15, 0.2) is 0 Å². The third-order valence-electron chi connectivity index (χ3n) is 3.05. The molecule has 1 aliphatic rings. The fourth-order valence-corrected chi connectivity index (χ4v) is 3.80. The van der Waals surface area contributed by atoms with Crippen molar-refractivity contribution >= 4 is 16.0 Å². The number of nitrogens with zero attached hydrogens (tertiary/aromatic N) is 1. The molecule has 19 heavy (non-hydrogen) atoms. The number of aliphatic carboxylic acids is 1. The Morgan fingerprint density at radius 1 is 1.26 bits per heavy atom. The zero-order valence-corrected chi connectivity index (χ0v) is 11.3. The molecule has 104 valence electrons. The number of sulfonamides is 1. The highest BCUT2D eigenvalue weighted by Gasteiger charge is 2.37. The van der Waals surface area contributed by atoms with Crippen LogP contribution in [0.1, 0.15) is 24.8 Å². The van der Waals surface area contributed by atoms with Crippen molar-refractivity contribution in [3.8, 4) is 0 Å². The number of benzene rings is 1. The first-order valence-electron chi connectivity index (χ1n) is 6.24. The molecule has 2 rings (SSSR count). The van der Waals surface area contributed by atoms with Gasteiger partial charge in [-0.05, 0) is 18.4 Å². The summed E-state index contributed by atoms with van der Waals surface area (Å²) in [6.07, 6.45) is 1.51. The van der Waals surface area contributed by atoms with E-state index in [1.165, 1.54) is 4.31 Å². The van der Waals surface area contributed by atoms with Crippen molar-refractivity contribution in [1.82, 2.24) is 4.31 Å². The van der Waals surface area contributed by atoms with Crippen LogP contribution < -0.4 is 0 Å². The molecule has 1 aromatic rings. The fourth-order valence-electron chi connectivity index (χ4n) is 1.98. The SMILES string of the molecule is O=C(O)CCN(C1CC1)S(=O)(=O)Cc1ccccc1. The van der Waals surface area contributed by atoms with Crippen molar-refractivity contribution < 1.29 is 18.3 Å². The monoisotopic (exact) mass is 283 g/mol. The molecule has 0 heterocycles. The Balaban J connectivity index is 2.08. The first kappa shape index (κ1) is 14.0. The number of carboxylic acid groups (broad SMARTS) is 1. The van der Waals surface area contributed by atoms with E-state index in [0.717, 1.165) is 18.4 Å². The Morgan fingerprint density at radius 3 is 2.42 bits per heavy atom. The summed E-state index contributed by atoms with van der Waals surface area (Å²) < 4.78 is 26.0. The van der Waals surface area contributed by atoms with E-state index in [1.54, 1.807) is 24.3 Å². The Hall–Kier alpha value is -1.40. The molecule has 0 aliphatic heterocycles. The largest absolute Gasteiger partial charge is 0.481 e. The van der Waals surface area contributed by atoms with Gasteiger partial charge in [0.2, 0.25) is 10.0 Å². The van der Waals surface area contributed by atoms with E-state index in [1.807, 2.05) is 6.07 Å². The van der Waals surface area contributed by atoms with Gasteiger partial charge in [0.05, 0.1) is 12.2 Å². The van der Waals surface area contributed by atoms with Crippen LogP contribution in [-0.2, 0) is 20.6 Å². The maximum Gasteiger partial charge on any atom is 0.304 e. The lowest BCUT2D eigenvalue weighted by Crippen LogP contribution is -2.35. The first-order chi connectivity index (χ1) is 8.99. The molecule has 1 aromatic carbocycles. The summed E-state index contributed by atoms with van der Waals surface area (Å²) in [6, 6.07) is 8.94. The molecule has 0 spiro atoms. The molecule has 1 N–H and O–H groups in total. The second-order valence-electron chi connectivity index (χ2n) is 4.73.